The fourth-order valence-corrected chi connectivity index (χ4v) is 10.2. The highest BCUT2D eigenvalue weighted by Gasteiger charge is 2.44. The van der Waals surface area contributed by atoms with E-state index < -0.39 is 0 Å². The van der Waals surface area contributed by atoms with Crippen molar-refractivity contribution in [2.75, 3.05) is 0 Å². The largest absolute Gasteiger partial charge is 0.228 e. The van der Waals surface area contributed by atoms with E-state index in [-0.39, 0.29) is 5.41 Å². The fourth-order valence-electron chi connectivity index (χ4n) is 10.2. The van der Waals surface area contributed by atoms with Gasteiger partial charge < -0.3 is 0 Å². The number of nitrogens with zero attached hydrogens (tertiary/aromatic N) is 2. The van der Waals surface area contributed by atoms with Gasteiger partial charge >= 0.3 is 0 Å². The Kier molecular flexibility index (Phi) is 8.58. The van der Waals surface area contributed by atoms with Crippen molar-refractivity contribution in [3.05, 3.63) is 198 Å². The average molecular weight is 745 g/mol. The van der Waals surface area contributed by atoms with Crippen LogP contribution in [0.3, 0.4) is 0 Å². The van der Waals surface area contributed by atoms with Crippen molar-refractivity contribution in [1.82, 2.24) is 9.97 Å². The van der Waals surface area contributed by atoms with Crippen LogP contribution in [0.5, 0.6) is 0 Å². The molecule has 1 spiro atoms. The number of hydrogen-bond donors (Lipinski definition) is 0. The molecule has 3 aliphatic rings. The van der Waals surface area contributed by atoms with Crippen LogP contribution in [0, 0.1) is 0 Å². The van der Waals surface area contributed by atoms with Gasteiger partial charge in [-0.15, -0.1) is 0 Å². The lowest BCUT2D eigenvalue weighted by Crippen LogP contribution is -2.27. The van der Waals surface area contributed by atoms with Crippen molar-refractivity contribution in [2.24, 2.45) is 0 Å². The molecule has 1 heterocycles. The van der Waals surface area contributed by atoms with Crippen LogP contribution in [0.2, 0.25) is 0 Å². The Morgan fingerprint density at radius 3 is 1.86 bits per heavy atom. The number of benzene rings is 7. The van der Waals surface area contributed by atoms with E-state index in [9.17, 15) is 0 Å². The van der Waals surface area contributed by atoms with Crippen molar-refractivity contribution < 1.29 is 0 Å². The Bertz CT molecular complexity index is 2860. The molecular formula is C56H44N2. The smallest absolute Gasteiger partial charge is 0.160 e. The minimum absolute atomic E-state index is 0.118. The third-order valence-electron chi connectivity index (χ3n) is 13.0. The van der Waals surface area contributed by atoms with E-state index in [1.807, 2.05) is 0 Å². The zero-order chi connectivity index (χ0) is 38.5. The monoisotopic (exact) mass is 744 g/mol. The van der Waals surface area contributed by atoms with Crippen LogP contribution in [0.1, 0.15) is 60.8 Å². The predicted molar refractivity (Wildman–Crippen MR) is 241 cm³/mol. The number of aromatic nitrogens is 2. The van der Waals surface area contributed by atoms with Crippen molar-refractivity contribution in [2.45, 2.75) is 50.4 Å². The van der Waals surface area contributed by atoms with Gasteiger partial charge in [0.15, 0.2) is 5.82 Å². The Balaban J connectivity index is 1.08. The highest BCUT2D eigenvalue weighted by Crippen LogP contribution is 2.58. The maximum atomic E-state index is 5.37. The highest BCUT2D eigenvalue weighted by molar-refractivity contribution is 5.94. The van der Waals surface area contributed by atoms with Gasteiger partial charge in [-0.1, -0.05) is 177 Å². The normalized spacial score (nSPS) is 14.8. The number of allylic oxidation sites excluding steroid dienone is 1. The molecule has 278 valence electrons. The molecule has 0 atom stereocenters. The van der Waals surface area contributed by atoms with Crippen LogP contribution >= 0.6 is 0 Å². The molecule has 0 bridgehead atoms. The Morgan fingerprint density at radius 1 is 0.414 bits per heavy atom. The number of hydrogen-bond acceptors (Lipinski definition) is 2. The van der Waals surface area contributed by atoms with Gasteiger partial charge in [-0.05, 0) is 117 Å². The molecule has 1 saturated carbocycles. The van der Waals surface area contributed by atoms with Gasteiger partial charge in [0.1, 0.15) is 0 Å². The van der Waals surface area contributed by atoms with E-state index in [0.717, 1.165) is 46.7 Å². The average Bonchev–Trinajstić information content (AvgIpc) is 3.57. The Morgan fingerprint density at radius 2 is 1.05 bits per heavy atom. The molecule has 2 heteroatoms. The molecule has 0 N–H and O–H groups in total. The SMILES string of the molecule is C1=Cc2cc(-c3nc(-c4cccc(-c5cccc6c5-c5ccccc5C65CCCCC5)c4)cc(-c4ccc(-c5ccccc5)c(-c5ccccc5)c4)n3)ccc2CC1. The molecule has 1 aromatic heterocycles. The zero-order valence-electron chi connectivity index (χ0n) is 32.7. The minimum Gasteiger partial charge on any atom is -0.228 e. The molecule has 2 nitrogen and oxygen atoms in total. The fraction of sp³-hybridized carbons (Fsp3) is 0.143. The second-order valence-electron chi connectivity index (χ2n) is 16.3. The predicted octanol–water partition coefficient (Wildman–Crippen LogP) is 14.7. The summed E-state index contributed by atoms with van der Waals surface area (Å²) in [4.78, 5) is 10.7. The van der Waals surface area contributed by atoms with Crippen LogP contribution in [0.15, 0.2) is 176 Å². The van der Waals surface area contributed by atoms with Gasteiger partial charge in [0.25, 0.3) is 0 Å². The first kappa shape index (κ1) is 34.6. The van der Waals surface area contributed by atoms with Crippen molar-refractivity contribution in [1.29, 1.82) is 0 Å². The van der Waals surface area contributed by atoms with Gasteiger partial charge in [-0.3, -0.25) is 0 Å². The van der Waals surface area contributed by atoms with E-state index in [1.165, 1.54) is 98.9 Å². The van der Waals surface area contributed by atoms with E-state index in [0.29, 0.717) is 0 Å². The molecule has 0 unspecified atom stereocenters. The first-order valence-corrected chi connectivity index (χ1v) is 21.0. The lowest BCUT2D eigenvalue weighted by molar-refractivity contribution is 0.353. The summed E-state index contributed by atoms with van der Waals surface area (Å²) in [6.07, 6.45) is 13.0. The lowest BCUT2D eigenvalue weighted by atomic mass is 9.68. The molecule has 58 heavy (non-hydrogen) atoms. The number of aryl methyl sites for hydroxylation is 1. The molecule has 0 radical (unpaired) electrons. The molecule has 0 amide bonds. The Hall–Kier alpha value is -6.64. The van der Waals surface area contributed by atoms with Crippen LogP contribution in [0.4, 0.5) is 0 Å². The summed E-state index contributed by atoms with van der Waals surface area (Å²) in [5.74, 6) is 0.738. The minimum atomic E-state index is 0.118. The second kappa shape index (κ2) is 14.4. The van der Waals surface area contributed by atoms with Gasteiger partial charge in [-0.25, -0.2) is 9.97 Å². The highest BCUT2D eigenvalue weighted by atomic mass is 14.9. The summed E-state index contributed by atoms with van der Waals surface area (Å²) in [7, 11) is 0. The third-order valence-corrected chi connectivity index (χ3v) is 13.0. The van der Waals surface area contributed by atoms with E-state index in [4.69, 9.17) is 9.97 Å². The molecular weight excluding hydrogens is 701 g/mol. The third kappa shape index (κ3) is 5.94. The van der Waals surface area contributed by atoms with Gasteiger partial charge in [0.2, 0.25) is 0 Å². The first-order valence-electron chi connectivity index (χ1n) is 21.0. The summed E-state index contributed by atoms with van der Waals surface area (Å²) in [5.41, 5.74) is 20.9. The first-order chi connectivity index (χ1) is 28.7. The van der Waals surface area contributed by atoms with Gasteiger partial charge in [-0.2, -0.15) is 0 Å². The summed E-state index contributed by atoms with van der Waals surface area (Å²) in [5, 5.41) is 0. The van der Waals surface area contributed by atoms with Crippen molar-refractivity contribution >= 4 is 6.08 Å². The molecule has 8 aromatic rings. The molecule has 0 saturated heterocycles. The van der Waals surface area contributed by atoms with E-state index in [2.05, 4.69) is 182 Å². The summed E-state index contributed by atoms with van der Waals surface area (Å²) in [6.45, 7) is 0. The van der Waals surface area contributed by atoms with E-state index >= 15 is 0 Å². The quantitative estimate of drug-likeness (QED) is 0.169. The van der Waals surface area contributed by atoms with Crippen LogP contribution in [-0.2, 0) is 11.8 Å². The maximum Gasteiger partial charge on any atom is 0.160 e. The second-order valence-corrected chi connectivity index (χ2v) is 16.3. The standard InChI is InChI=1S/C56H44N2/c1-4-17-39(18-5-1)46-31-30-44(36-49(46)40-19-6-2-7-20-40)53-37-52(57-55(58-53)45-29-28-38-16-8-9-21-41(38)34-45)43-23-14-22-42(35-43)47-25-15-27-51-54(47)48-24-10-11-26-50(48)56(51)32-12-3-13-33-56/h1-2,4-7,9-11,14-15,17-31,34-37H,3,8,12-13,16,32-33H2. The topological polar surface area (TPSA) is 25.8 Å². The summed E-state index contributed by atoms with van der Waals surface area (Å²) >= 11 is 0. The maximum absolute atomic E-state index is 5.37. The summed E-state index contributed by atoms with van der Waals surface area (Å²) < 4.78 is 0. The van der Waals surface area contributed by atoms with Crippen molar-refractivity contribution in [3.8, 4) is 78.4 Å². The molecule has 0 aliphatic heterocycles. The van der Waals surface area contributed by atoms with Crippen molar-refractivity contribution in [3.63, 3.8) is 0 Å². The van der Waals surface area contributed by atoms with E-state index in [1.54, 1.807) is 0 Å². The molecule has 11 rings (SSSR count). The Labute approximate surface area is 341 Å². The molecule has 3 aliphatic carbocycles. The molecule has 1 fully saturated rings. The van der Waals surface area contributed by atoms with Gasteiger partial charge in [0.05, 0.1) is 11.4 Å². The van der Waals surface area contributed by atoms with Crippen LogP contribution in [0.25, 0.3) is 84.5 Å². The van der Waals surface area contributed by atoms with Gasteiger partial charge in [0, 0.05) is 22.1 Å². The number of fused-ring (bicyclic) bond motifs is 6. The van der Waals surface area contributed by atoms with Crippen LogP contribution in [-0.4, -0.2) is 9.97 Å². The molecule has 7 aromatic carbocycles. The number of rotatable bonds is 6. The summed E-state index contributed by atoms with van der Waals surface area (Å²) in [6, 6.07) is 62.4. The van der Waals surface area contributed by atoms with Crippen LogP contribution < -0.4 is 0 Å². The zero-order valence-corrected chi connectivity index (χ0v) is 32.7. The lowest BCUT2D eigenvalue weighted by Gasteiger charge is -2.36.